The summed E-state index contributed by atoms with van der Waals surface area (Å²) >= 11 is 7.32. The van der Waals surface area contributed by atoms with Gasteiger partial charge in [-0.25, -0.2) is 0 Å². The molecule has 2 rings (SSSR count). The summed E-state index contributed by atoms with van der Waals surface area (Å²) in [4.78, 5) is 1.77. The summed E-state index contributed by atoms with van der Waals surface area (Å²) in [6, 6.07) is 9.42. The summed E-state index contributed by atoms with van der Waals surface area (Å²) in [5.74, 6) is 0.167. The molecular formula is C15H15ClO2S. The normalized spacial score (nSPS) is 10.7. The van der Waals surface area contributed by atoms with Crippen molar-refractivity contribution in [2.45, 2.75) is 30.2 Å². The Balaban J connectivity index is 2.42. The number of halogens is 1. The van der Waals surface area contributed by atoms with Gasteiger partial charge in [-0.05, 0) is 49.2 Å². The second-order valence-electron chi connectivity index (χ2n) is 4.38. The highest BCUT2D eigenvalue weighted by molar-refractivity contribution is 7.99. The number of hydrogen-bond acceptors (Lipinski definition) is 3. The molecule has 19 heavy (non-hydrogen) atoms. The lowest BCUT2D eigenvalue weighted by atomic mass is 10.1. The lowest BCUT2D eigenvalue weighted by Gasteiger charge is -2.14. The number of aromatic hydroxyl groups is 1. The average molecular weight is 295 g/mol. The molecule has 0 bridgehead atoms. The molecule has 2 N–H and O–H groups in total. The van der Waals surface area contributed by atoms with E-state index in [-0.39, 0.29) is 12.4 Å². The first-order chi connectivity index (χ1) is 9.02. The molecule has 0 unspecified atom stereocenters. The van der Waals surface area contributed by atoms with Gasteiger partial charge in [0.25, 0.3) is 0 Å². The first-order valence-electron chi connectivity index (χ1n) is 5.89. The second kappa shape index (κ2) is 5.87. The number of aryl methyl sites for hydroxylation is 2. The molecule has 0 aromatic heterocycles. The predicted molar refractivity (Wildman–Crippen MR) is 79.1 cm³/mol. The molecule has 100 valence electrons. The van der Waals surface area contributed by atoms with Gasteiger partial charge in [0.05, 0.1) is 11.5 Å². The van der Waals surface area contributed by atoms with Gasteiger partial charge in [-0.3, -0.25) is 0 Å². The van der Waals surface area contributed by atoms with Crippen molar-refractivity contribution >= 4 is 23.4 Å². The molecule has 2 nitrogen and oxygen atoms in total. The van der Waals surface area contributed by atoms with Crippen LogP contribution in [0.25, 0.3) is 0 Å². The standard InChI is InChI=1S/C15H15ClO2S/c1-9-7-10(2)15(14(18)13(9)8-17)19-12-5-3-11(16)4-6-12/h3-7,17-18H,8H2,1-2H3. The topological polar surface area (TPSA) is 40.5 Å². The van der Waals surface area contributed by atoms with Gasteiger partial charge in [0.15, 0.2) is 0 Å². The molecule has 0 fully saturated rings. The maximum atomic E-state index is 10.3. The van der Waals surface area contributed by atoms with Crippen LogP contribution < -0.4 is 0 Å². The number of aliphatic hydroxyl groups is 1. The molecule has 0 heterocycles. The van der Waals surface area contributed by atoms with Gasteiger partial charge in [-0.15, -0.1) is 0 Å². The van der Waals surface area contributed by atoms with Gasteiger partial charge >= 0.3 is 0 Å². The highest BCUT2D eigenvalue weighted by atomic mass is 35.5. The highest BCUT2D eigenvalue weighted by Crippen LogP contribution is 2.40. The lowest BCUT2D eigenvalue weighted by molar-refractivity contribution is 0.273. The average Bonchev–Trinajstić information content (AvgIpc) is 2.37. The third-order valence-corrected chi connectivity index (χ3v) is 4.44. The summed E-state index contributed by atoms with van der Waals surface area (Å²) in [6.07, 6.45) is 0. The molecule has 0 amide bonds. The first kappa shape index (κ1) is 14.3. The van der Waals surface area contributed by atoms with Crippen molar-refractivity contribution in [2.24, 2.45) is 0 Å². The van der Waals surface area contributed by atoms with Gasteiger partial charge < -0.3 is 10.2 Å². The van der Waals surface area contributed by atoms with Gasteiger partial charge in [0.1, 0.15) is 5.75 Å². The molecule has 0 aliphatic rings. The molecular weight excluding hydrogens is 280 g/mol. The summed E-state index contributed by atoms with van der Waals surface area (Å²) in [5.41, 5.74) is 2.48. The first-order valence-corrected chi connectivity index (χ1v) is 7.08. The van der Waals surface area contributed by atoms with Crippen molar-refractivity contribution in [3.05, 3.63) is 52.0 Å². The van der Waals surface area contributed by atoms with E-state index in [2.05, 4.69) is 0 Å². The third kappa shape index (κ3) is 3.06. The Morgan fingerprint density at radius 2 is 1.74 bits per heavy atom. The number of benzene rings is 2. The lowest BCUT2D eigenvalue weighted by Crippen LogP contribution is -1.94. The Hall–Kier alpha value is -1.16. The van der Waals surface area contributed by atoms with Crippen LogP contribution in [0.1, 0.15) is 16.7 Å². The molecule has 0 aliphatic carbocycles. The van der Waals surface area contributed by atoms with Crippen LogP contribution in [0.3, 0.4) is 0 Å². The number of phenols is 1. The zero-order valence-corrected chi connectivity index (χ0v) is 12.3. The summed E-state index contributed by atoms with van der Waals surface area (Å²) in [6.45, 7) is 3.67. The minimum atomic E-state index is -0.161. The maximum absolute atomic E-state index is 10.3. The molecule has 0 aliphatic heterocycles. The summed E-state index contributed by atoms with van der Waals surface area (Å²) < 4.78 is 0. The smallest absolute Gasteiger partial charge is 0.135 e. The van der Waals surface area contributed by atoms with Crippen molar-refractivity contribution in [1.82, 2.24) is 0 Å². The van der Waals surface area contributed by atoms with Crippen LogP contribution in [0, 0.1) is 13.8 Å². The van der Waals surface area contributed by atoms with Gasteiger partial charge in [-0.2, -0.15) is 0 Å². The monoisotopic (exact) mass is 294 g/mol. The van der Waals surface area contributed by atoms with Gasteiger partial charge in [0.2, 0.25) is 0 Å². The van der Waals surface area contributed by atoms with Crippen molar-refractivity contribution in [3.8, 4) is 5.75 Å². The van der Waals surface area contributed by atoms with E-state index in [0.29, 0.717) is 10.6 Å². The fraction of sp³-hybridized carbons (Fsp3) is 0.200. The zero-order valence-electron chi connectivity index (χ0n) is 10.8. The van der Waals surface area contributed by atoms with Crippen molar-refractivity contribution < 1.29 is 10.2 Å². The SMILES string of the molecule is Cc1cc(C)c(Sc2ccc(Cl)cc2)c(O)c1CO. The van der Waals surface area contributed by atoms with Gasteiger partial charge in [-0.1, -0.05) is 29.4 Å². The zero-order chi connectivity index (χ0) is 14.0. The summed E-state index contributed by atoms with van der Waals surface area (Å²) in [5, 5.41) is 20.3. The summed E-state index contributed by atoms with van der Waals surface area (Å²) in [7, 11) is 0. The molecule has 0 atom stereocenters. The van der Waals surface area contributed by atoms with E-state index in [0.717, 1.165) is 20.9 Å². The largest absolute Gasteiger partial charge is 0.506 e. The van der Waals surface area contributed by atoms with E-state index < -0.39 is 0 Å². The Morgan fingerprint density at radius 1 is 1.11 bits per heavy atom. The van der Waals surface area contributed by atoms with E-state index >= 15 is 0 Å². The minimum Gasteiger partial charge on any atom is -0.506 e. The van der Waals surface area contributed by atoms with Crippen molar-refractivity contribution in [1.29, 1.82) is 0 Å². The van der Waals surface area contributed by atoms with E-state index in [1.165, 1.54) is 11.8 Å². The Bertz CT molecular complexity index is 594. The number of rotatable bonds is 3. The van der Waals surface area contributed by atoms with Crippen LogP contribution in [0.4, 0.5) is 0 Å². The van der Waals surface area contributed by atoms with E-state index in [9.17, 15) is 10.2 Å². The van der Waals surface area contributed by atoms with Crippen molar-refractivity contribution in [3.63, 3.8) is 0 Å². The van der Waals surface area contributed by atoms with Gasteiger partial charge in [0, 0.05) is 15.5 Å². The number of hydrogen-bond donors (Lipinski definition) is 2. The van der Waals surface area contributed by atoms with Crippen LogP contribution in [0.15, 0.2) is 40.1 Å². The predicted octanol–water partition coefficient (Wildman–Crippen LogP) is 4.31. The molecule has 2 aromatic carbocycles. The molecule has 0 radical (unpaired) electrons. The van der Waals surface area contributed by atoms with E-state index in [1.54, 1.807) is 0 Å². The van der Waals surface area contributed by atoms with Crippen LogP contribution in [-0.2, 0) is 6.61 Å². The Labute approximate surface area is 122 Å². The Morgan fingerprint density at radius 3 is 2.32 bits per heavy atom. The Kier molecular flexibility index (Phi) is 4.40. The minimum absolute atomic E-state index is 0.161. The molecule has 0 saturated heterocycles. The van der Waals surface area contributed by atoms with Crippen LogP contribution >= 0.6 is 23.4 Å². The molecule has 2 aromatic rings. The molecule has 0 saturated carbocycles. The fourth-order valence-corrected chi connectivity index (χ4v) is 3.01. The van der Waals surface area contributed by atoms with Crippen LogP contribution in [0.5, 0.6) is 5.75 Å². The van der Waals surface area contributed by atoms with Crippen LogP contribution in [-0.4, -0.2) is 10.2 Å². The van der Waals surface area contributed by atoms with Crippen LogP contribution in [0.2, 0.25) is 5.02 Å². The fourth-order valence-electron chi connectivity index (χ4n) is 1.94. The quantitative estimate of drug-likeness (QED) is 0.886. The number of aliphatic hydroxyl groups excluding tert-OH is 1. The van der Waals surface area contributed by atoms with E-state index in [4.69, 9.17) is 11.6 Å². The third-order valence-electron chi connectivity index (χ3n) is 2.96. The molecule has 0 spiro atoms. The maximum Gasteiger partial charge on any atom is 0.135 e. The van der Waals surface area contributed by atoms with E-state index in [1.807, 2.05) is 44.2 Å². The van der Waals surface area contributed by atoms with Crippen molar-refractivity contribution in [2.75, 3.05) is 0 Å². The molecule has 4 heteroatoms. The highest BCUT2D eigenvalue weighted by Gasteiger charge is 2.14. The second-order valence-corrected chi connectivity index (χ2v) is 5.90.